The predicted molar refractivity (Wildman–Crippen MR) is 102 cm³/mol. The van der Waals surface area contributed by atoms with E-state index in [-0.39, 0.29) is 10.9 Å². The van der Waals surface area contributed by atoms with Crippen molar-refractivity contribution in [1.29, 1.82) is 0 Å². The molecule has 0 bridgehead atoms. The fourth-order valence-electron chi connectivity index (χ4n) is 3.14. The minimum Gasteiger partial charge on any atom is -0.464 e. The Morgan fingerprint density at radius 3 is 2.54 bits per heavy atom. The molecule has 4 aromatic rings. The first-order valence-electron chi connectivity index (χ1n) is 8.56. The molecule has 0 aliphatic carbocycles. The molecule has 0 saturated heterocycles. The van der Waals surface area contributed by atoms with Crippen LogP contribution in [0.5, 0.6) is 0 Å². The lowest BCUT2D eigenvalue weighted by Gasteiger charge is -2.05. The van der Waals surface area contributed by atoms with E-state index < -0.39 is 0 Å². The van der Waals surface area contributed by atoms with Gasteiger partial charge in [0.15, 0.2) is 10.9 Å². The van der Waals surface area contributed by atoms with E-state index in [1.54, 1.807) is 19.1 Å². The minimum absolute atomic E-state index is 0.00591. The maximum absolute atomic E-state index is 12.3. The van der Waals surface area contributed by atoms with Crippen LogP contribution >= 0.6 is 0 Å². The van der Waals surface area contributed by atoms with E-state index in [4.69, 9.17) is 8.83 Å². The standard InChI is InChI=1S/C22H18O4/c1-13-3-8-20-18(9-13)19(23)11-16(26-20)6-4-15-5-7-17-21(10-15)25-12-14(2)22(17)24/h3,5,7-12H,4,6H2,1-2H3. The monoisotopic (exact) mass is 346 g/mol. The summed E-state index contributed by atoms with van der Waals surface area (Å²) in [5.41, 5.74) is 3.81. The van der Waals surface area contributed by atoms with Gasteiger partial charge in [0.05, 0.1) is 17.0 Å². The van der Waals surface area contributed by atoms with Gasteiger partial charge < -0.3 is 8.83 Å². The highest BCUT2D eigenvalue weighted by molar-refractivity contribution is 5.78. The molecule has 0 N–H and O–H groups in total. The van der Waals surface area contributed by atoms with Gasteiger partial charge in [-0.05, 0) is 50.1 Å². The van der Waals surface area contributed by atoms with Crippen LogP contribution in [0.1, 0.15) is 22.5 Å². The molecule has 0 atom stereocenters. The van der Waals surface area contributed by atoms with Crippen molar-refractivity contribution < 1.29 is 8.83 Å². The average Bonchev–Trinajstić information content (AvgIpc) is 2.64. The average molecular weight is 346 g/mol. The molecule has 26 heavy (non-hydrogen) atoms. The highest BCUT2D eigenvalue weighted by Gasteiger charge is 2.08. The summed E-state index contributed by atoms with van der Waals surface area (Å²) < 4.78 is 11.4. The van der Waals surface area contributed by atoms with Gasteiger partial charge in [-0.1, -0.05) is 17.7 Å². The third-order valence-electron chi connectivity index (χ3n) is 4.61. The van der Waals surface area contributed by atoms with E-state index in [1.807, 2.05) is 37.3 Å². The Morgan fingerprint density at radius 1 is 0.846 bits per heavy atom. The fraction of sp³-hybridized carbons (Fsp3) is 0.182. The molecule has 0 fully saturated rings. The van der Waals surface area contributed by atoms with Crippen molar-refractivity contribution in [2.45, 2.75) is 26.7 Å². The number of hydrogen-bond acceptors (Lipinski definition) is 4. The van der Waals surface area contributed by atoms with Crippen molar-refractivity contribution in [3.05, 3.63) is 91.6 Å². The summed E-state index contributed by atoms with van der Waals surface area (Å²) >= 11 is 0. The maximum Gasteiger partial charge on any atom is 0.195 e. The Kier molecular flexibility index (Phi) is 3.96. The molecule has 0 aliphatic rings. The van der Waals surface area contributed by atoms with Gasteiger partial charge in [0.2, 0.25) is 0 Å². The number of rotatable bonds is 3. The second-order valence-corrected chi connectivity index (χ2v) is 6.65. The first-order valence-corrected chi connectivity index (χ1v) is 8.56. The van der Waals surface area contributed by atoms with Crippen LogP contribution in [0.2, 0.25) is 0 Å². The zero-order valence-electron chi connectivity index (χ0n) is 14.7. The predicted octanol–water partition coefficient (Wildman–Crippen LogP) is 4.30. The normalized spacial score (nSPS) is 11.3. The number of fused-ring (bicyclic) bond motifs is 2. The van der Waals surface area contributed by atoms with Gasteiger partial charge in [0.25, 0.3) is 0 Å². The summed E-state index contributed by atoms with van der Waals surface area (Å²) in [5, 5.41) is 1.19. The molecule has 0 unspecified atom stereocenters. The van der Waals surface area contributed by atoms with Crippen LogP contribution in [0.3, 0.4) is 0 Å². The Labute approximate surface area is 149 Å². The van der Waals surface area contributed by atoms with E-state index in [0.717, 1.165) is 11.1 Å². The highest BCUT2D eigenvalue weighted by Crippen LogP contribution is 2.18. The van der Waals surface area contributed by atoms with Crippen LogP contribution in [0.4, 0.5) is 0 Å². The lowest BCUT2D eigenvalue weighted by molar-refractivity contribution is 0.534. The maximum atomic E-state index is 12.3. The Morgan fingerprint density at radius 2 is 1.69 bits per heavy atom. The van der Waals surface area contributed by atoms with Gasteiger partial charge in [-0.25, -0.2) is 0 Å². The van der Waals surface area contributed by atoms with E-state index >= 15 is 0 Å². The van der Waals surface area contributed by atoms with Crippen molar-refractivity contribution in [3.8, 4) is 0 Å². The lowest BCUT2D eigenvalue weighted by Crippen LogP contribution is -2.05. The van der Waals surface area contributed by atoms with Gasteiger partial charge in [-0.15, -0.1) is 0 Å². The zero-order valence-corrected chi connectivity index (χ0v) is 14.7. The van der Waals surface area contributed by atoms with E-state index in [1.165, 1.54) is 6.26 Å². The summed E-state index contributed by atoms with van der Waals surface area (Å²) in [5.74, 6) is 0.650. The summed E-state index contributed by atoms with van der Waals surface area (Å²) in [7, 11) is 0. The summed E-state index contributed by atoms with van der Waals surface area (Å²) in [6, 6.07) is 12.8. The van der Waals surface area contributed by atoms with Gasteiger partial charge in [-0.2, -0.15) is 0 Å². The molecule has 2 aromatic heterocycles. The summed E-state index contributed by atoms with van der Waals surface area (Å²) in [6.45, 7) is 3.69. The molecule has 4 heteroatoms. The molecule has 2 heterocycles. The van der Waals surface area contributed by atoms with Crippen LogP contribution in [0.15, 0.2) is 67.2 Å². The third kappa shape index (κ3) is 2.94. The molecule has 130 valence electrons. The van der Waals surface area contributed by atoms with Crippen molar-refractivity contribution in [3.63, 3.8) is 0 Å². The molecule has 0 aliphatic heterocycles. The highest BCUT2D eigenvalue weighted by atomic mass is 16.3. The third-order valence-corrected chi connectivity index (χ3v) is 4.61. The van der Waals surface area contributed by atoms with E-state index in [0.29, 0.717) is 46.1 Å². The van der Waals surface area contributed by atoms with Crippen LogP contribution in [0.25, 0.3) is 21.9 Å². The Hall–Kier alpha value is -3.14. The van der Waals surface area contributed by atoms with Crippen LogP contribution in [0, 0.1) is 13.8 Å². The minimum atomic E-state index is -0.0232. The number of aryl methyl sites for hydroxylation is 4. The van der Waals surface area contributed by atoms with Crippen LogP contribution < -0.4 is 10.9 Å². The quantitative estimate of drug-likeness (QED) is 0.555. The molecule has 0 saturated carbocycles. The molecule has 2 aromatic carbocycles. The summed E-state index contributed by atoms with van der Waals surface area (Å²) in [6.07, 6.45) is 2.77. The Balaban J connectivity index is 1.63. The second-order valence-electron chi connectivity index (χ2n) is 6.65. The first-order chi connectivity index (χ1) is 12.5. The van der Waals surface area contributed by atoms with Crippen molar-refractivity contribution in [2.75, 3.05) is 0 Å². The van der Waals surface area contributed by atoms with Crippen molar-refractivity contribution >= 4 is 21.9 Å². The topological polar surface area (TPSA) is 60.4 Å². The largest absolute Gasteiger partial charge is 0.464 e. The molecular weight excluding hydrogens is 328 g/mol. The second kappa shape index (κ2) is 6.30. The number of hydrogen-bond donors (Lipinski definition) is 0. The van der Waals surface area contributed by atoms with E-state index in [2.05, 4.69) is 0 Å². The van der Waals surface area contributed by atoms with Gasteiger partial charge in [-0.3, -0.25) is 9.59 Å². The van der Waals surface area contributed by atoms with Crippen molar-refractivity contribution in [1.82, 2.24) is 0 Å². The smallest absolute Gasteiger partial charge is 0.195 e. The first kappa shape index (κ1) is 16.3. The SMILES string of the molecule is Cc1ccc2oc(CCc3ccc4c(=O)c(C)coc4c3)cc(=O)c2c1. The van der Waals surface area contributed by atoms with E-state index in [9.17, 15) is 9.59 Å². The van der Waals surface area contributed by atoms with Crippen molar-refractivity contribution in [2.24, 2.45) is 0 Å². The Bertz CT molecular complexity index is 1240. The lowest BCUT2D eigenvalue weighted by atomic mass is 10.1. The molecule has 4 nitrogen and oxygen atoms in total. The van der Waals surface area contributed by atoms with Crippen LogP contribution in [-0.2, 0) is 12.8 Å². The zero-order chi connectivity index (χ0) is 18.3. The molecule has 0 spiro atoms. The van der Waals surface area contributed by atoms with Gasteiger partial charge >= 0.3 is 0 Å². The molecule has 0 radical (unpaired) electrons. The van der Waals surface area contributed by atoms with Gasteiger partial charge in [0.1, 0.15) is 16.9 Å². The number of benzene rings is 2. The summed E-state index contributed by atoms with van der Waals surface area (Å²) in [4.78, 5) is 24.4. The molecule has 0 amide bonds. The molecular formula is C22H18O4. The molecule has 4 rings (SSSR count). The fourth-order valence-corrected chi connectivity index (χ4v) is 3.14. The van der Waals surface area contributed by atoms with Gasteiger partial charge in [0, 0.05) is 18.1 Å². The van der Waals surface area contributed by atoms with Crippen LogP contribution in [-0.4, -0.2) is 0 Å².